The lowest BCUT2D eigenvalue weighted by atomic mass is 9.71. The zero-order valence-electron chi connectivity index (χ0n) is 27.5. The predicted octanol–water partition coefficient (Wildman–Crippen LogP) is 7.19. The summed E-state index contributed by atoms with van der Waals surface area (Å²) < 4.78 is 12.8. The van der Waals surface area contributed by atoms with Gasteiger partial charge < -0.3 is 24.4 Å². The van der Waals surface area contributed by atoms with E-state index in [0.29, 0.717) is 37.8 Å². The summed E-state index contributed by atoms with van der Waals surface area (Å²) in [6, 6.07) is 27.1. The van der Waals surface area contributed by atoms with E-state index in [4.69, 9.17) is 9.47 Å². The molecule has 6 heteroatoms. The van der Waals surface area contributed by atoms with Crippen LogP contribution in [0.1, 0.15) is 86.8 Å². The van der Waals surface area contributed by atoms with Gasteiger partial charge in [-0.3, -0.25) is 4.79 Å². The molecule has 1 aliphatic carbocycles. The first-order valence-electron chi connectivity index (χ1n) is 17.8. The van der Waals surface area contributed by atoms with Crippen LogP contribution >= 0.6 is 0 Å². The number of aliphatic hydroxyl groups is 1. The van der Waals surface area contributed by atoms with Gasteiger partial charge in [0.2, 0.25) is 5.91 Å². The van der Waals surface area contributed by atoms with Crippen molar-refractivity contribution in [3.05, 3.63) is 95.6 Å². The maximum Gasteiger partial charge on any atom is 0.233 e. The van der Waals surface area contributed by atoms with Crippen LogP contribution in [-0.4, -0.2) is 71.8 Å². The van der Waals surface area contributed by atoms with E-state index >= 15 is 0 Å². The summed E-state index contributed by atoms with van der Waals surface area (Å²) in [4.78, 5) is 19.3. The van der Waals surface area contributed by atoms with Gasteiger partial charge in [-0.05, 0) is 68.8 Å². The highest BCUT2D eigenvalue weighted by Crippen LogP contribution is 2.45. The van der Waals surface area contributed by atoms with E-state index < -0.39 is 11.5 Å². The molecule has 3 aliphatic rings. The van der Waals surface area contributed by atoms with Gasteiger partial charge >= 0.3 is 0 Å². The Labute approximate surface area is 275 Å². The lowest BCUT2D eigenvalue weighted by Crippen LogP contribution is -2.52. The second-order valence-electron chi connectivity index (χ2n) is 13.6. The molecule has 0 aromatic heterocycles. The maximum absolute atomic E-state index is 14.6. The zero-order valence-corrected chi connectivity index (χ0v) is 27.5. The van der Waals surface area contributed by atoms with Crippen molar-refractivity contribution in [3.63, 3.8) is 0 Å². The van der Waals surface area contributed by atoms with Crippen molar-refractivity contribution in [3.8, 4) is 11.5 Å². The van der Waals surface area contributed by atoms with E-state index in [2.05, 4.69) is 29.2 Å². The molecule has 0 bridgehead atoms. The van der Waals surface area contributed by atoms with Gasteiger partial charge in [-0.25, -0.2) is 0 Å². The first-order chi connectivity index (χ1) is 22.6. The second-order valence-corrected chi connectivity index (χ2v) is 13.6. The Morgan fingerprint density at radius 3 is 1.96 bits per heavy atom. The third-order valence-corrected chi connectivity index (χ3v) is 10.5. The quantitative estimate of drug-likeness (QED) is 0.231. The van der Waals surface area contributed by atoms with Crippen LogP contribution in [0.25, 0.3) is 0 Å². The molecule has 1 saturated carbocycles. The molecule has 3 aromatic rings. The van der Waals surface area contributed by atoms with E-state index in [1.54, 1.807) is 0 Å². The molecule has 1 N–H and O–H groups in total. The van der Waals surface area contributed by atoms with Gasteiger partial charge in [0.25, 0.3) is 0 Å². The van der Waals surface area contributed by atoms with Gasteiger partial charge in [0.1, 0.15) is 11.5 Å². The average molecular weight is 625 g/mol. The number of hydrogen-bond donors (Lipinski definition) is 1. The fraction of sp³-hybridized carbons (Fsp3) is 0.525. The molecule has 1 unspecified atom stereocenters. The first-order valence-corrected chi connectivity index (χ1v) is 17.8. The fourth-order valence-corrected chi connectivity index (χ4v) is 7.85. The van der Waals surface area contributed by atoms with Gasteiger partial charge in [0, 0.05) is 43.6 Å². The summed E-state index contributed by atoms with van der Waals surface area (Å²) in [6.07, 6.45) is 11.7. The van der Waals surface area contributed by atoms with Crippen LogP contribution < -0.4 is 9.47 Å². The Morgan fingerprint density at radius 2 is 1.33 bits per heavy atom. The minimum absolute atomic E-state index is 0.0483. The Kier molecular flexibility index (Phi) is 11.3. The minimum atomic E-state index is -1.09. The highest BCUT2D eigenvalue weighted by molar-refractivity contribution is 5.86. The van der Waals surface area contributed by atoms with Gasteiger partial charge in [0.15, 0.2) is 0 Å². The topological polar surface area (TPSA) is 62.2 Å². The molecule has 0 radical (unpaired) electrons. The molecule has 2 heterocycles. The van der Waals surface area contributed by atoms with Crippen LogP contribution in [0.4, 0.5) is 0 Å². The summed E-state index contributed by atoms with van der Waals surface area (Å²) in [5.74, 6) is 0.754. The Bertz CT molecular complexity index is 1360. The molecule has 3 aromatic carbocycles. The van der Waals surface area contributed by atoms with E-state index in [9.17, 15) is 9.90 Å². The maximum atomic E-state index is 14.6. The Hall–Kier alpha value is -3.35. The van der Waals surface area contributed by atoms with E-state index in [1.165, 1.54) is 43.5 Å². The molecule has 246 valence electrons. The van der Waals surface area contributed by atoms with Crippen molar-refractivity contribution < 1.29 is 19.4 Å². The molecule has 3 fully saturated rings. The van der Waals surface area contributed by atoms with E-state index in [1.807, 2.05) is 59.5 Å². The van der Waals surface area contributed by atoms with Crippen LogP contribution in [0, 0.1) is 0 Å². The normalized spacial score (nSPS) is 19.8. The molecule has 46 heavy (non-hydrogen) atoms. The second kappa shape index (κ2) is 16.0. The summed E-state index contributed by atoms with van der Waals surface area (Å²) in [5, 5.41) is 12.3. The van der Waals surface area contributed by atoms with Crippen molar-refractivity contribution in [2.45, 2.75) is 94.6 Å². The predicted molar refractivity (Wildman–Crippen MR) is 184 cm³/mol. The number of piperidine rings is 2. The van der Waals surface area contributed by atoms with Crippen LogP contribution in [0.15, 0.2) is 78.9 Å². The number of nitrogens with zero attached hydrogens (tertiary/aromatic N) is 2. The van der Waals surface area contributed by atoms with Crippen molar-refractivity contribution in [1.82, 2.24) is 9.80 Å². The van der Waals surface area contributed by atoms with Crippen molar-refractivity contribution >= 4 is 5.91 Å². The molecule has 6 rings (SSSR count). The van der Waals surface area contributed by atoms with E-state index in [0.717, 1.165) is 69.3 Å². The lowest BCUT2D eigenvalue weighted by Gasteiger charge is -2.44. The van der Waals surface area contributed by atoms with Crippen LogP contribution in [-0.2, 0) is 17.6 Å². The Morgan fingerprint density at radius 1 is 0.739 bits per heavy atom. The number of ether oxygens (including phenoxy) is 2. The highest BCUT2D eigenvalue weighted by atomic mass is 16.5. The van der Waals surface area contributed by atoms with Gasteiger partial charge in [-0.15, -0.1) is 0 Å². The molecular formula is C40H52N2O4. The smallest absolute Gasteiger partial charge is 0.233 e. The number of amides is 1. The van der Waals surface area contributed by atoms with Crippen molar-refractivity contribution in [1.29, 1.82) is 0 Å². The van der Waals surface area contributed by atoms with Crippen molar-refractivity contribution in [2.75, 3.05) is 39.4 Å². The summed E-state index contributed by atoms with van der Waals surface area (Å²) in [5.41, 5.74) is 2.13. The van der Waals surface area contributed by atoms with Gasteiger partial charge in [-0.1, -0.05) is 92.4 Å². The molecule has 6 nitrogen and oxygen atoms in total. The number of carbonyl (C=O) groups is 1. The SMILES string of the molecule is O=C(C(c1ccc(OCCc2ccccc2)cc1OCCc1ccccc1)C1(O)CCCCC1)N1CCC(N2CCCCC2)CC1. The standard InChI is InChI=1S/C40H52N2O4/c43-39(42-27-19-34(20-28-42)41-25-11-4-12-26-41)38(40(44)23-9-3-10-24-40)36-18-17-35(45-29-21-32-13-5-1-6-14-32)31-37(36)46-30-22-33-15-7-2-8-16-33/h1-2,5-8,13-18,31,34,38,44H,3-4,9-12,19-30H2. The number of hydrogen-bond acceptors (Lipinski definition) is 5. The van der Waals surface area contributed by atoms with Gasteiger partial charge in [-0.2, -0.15) is 0 Å². The summed E-state index contributed by atoms with van der Waals surface area (Å²) >= 11 is 0. The monoisotopic (exact) mass is 624 g/mol. The number of carbonyl (C=O) groups excluding carboxylic acids is 1. The highest BCUT2D eigenvalue weighted by Gasteiger charge is 2.46. The first kappa shape index (κ1) is 32.6. The number of likely N-dealkylation sites (tertiary alicyclic amines) is 2. The fourth-order valence-electron chi connectivity index (χ4n) is 7.85. The molecule has 2 aliphatic heterocycles. The number of benzene rings is 3. The van der Waals surface area contributed by atoms with Crippen LogP contribution in [0.5, 0.6) is 11.5 Å². The minimum Gasteiger partial charge on any atom is -0.493 e. The third-order valence-electron chi connectivity index (χ3n) is 10.5. The molecule has 0 spiro atoms. The summed E-state index contributed by atoms with van der Waals surface area (Å²) in [7, 11) is 0. The molecular weight excluding hydrogens is 572 g/mol. The van der Waals surface area contributed by atoms with Crippen LogP contribution in [0.3, 0.4) is 0 Å². The summed E-state index contributed by atoms with van der Waals surface area (Å²) in [6.45, 7) is 4.89. The third kappa shape index (κ3) is 8.32. The largest absolute Gasteiger partial charge is 0.493 e. The van der Waals surface area contributed by atoms with E-state index in [-0.39, 0.29) is 5.91 Å². The molecule has 2 saturated heterocycles. The average Bonchev–Trinajstić information content (AvgIpc) is 3.11. The molecule has 1 atom stereocenters. The number of rotatable bonds is 12. The molecule has 1 amide bonds. The zero-order chi connectivity index (χ0) is 31.6. The Balaban J connectivity index is 1.23. The van der Waals surface area contributed by atoms with Crippen LogP contribution in [0.2, 0.25) is 0 Å². The lowest BCUT2D eigenvalue weighted by molar-refractivity contribution is -0.143. The van der Waals surface area contributed by atoms with Crippen molar-refractivity contribution in [2.24, 2.45) is 0 Å². The van der Waals surface area contributed by atoms with Gasteiger partial charge in [0.05, 0.1) is 24.7 Å².